The van der Waals surface area contributed by atoms with E-state index >= 15 is 0 Å². The van der Waals surface area contributed by atoms with Gasteiger partial charge in [0.25, 0.3) is 0 Å². The van der Waals surface area contributed by atoms with Gasteiger partial charge in [0, 0.05) is 36.6 Å². The van der Waals surface area contributed by atoms with Crippen LogP contribution < -0.4 is 16.0 Å². The molecule has 0 bridgehead atoms. The van der Waals surface area contributed by atoms with Gasteiger partial charge in [0.1, 0.15) is 11.6 Å². The highest BCUT2D eigenvalue weighted by atomic mass is 35.5. The molecule has 0 saturated heterocycles. The lowest BCUT2D eigenvalue weighted by Gasteiger charge is -2.15. The summed E-state index contributed by atoms with van der Waals surface area (Å²) in [6.07, 6.45) is 11.2. The maximum absolute atomic E-state index is 12.1. The fourth-order valence-electron chi connectivity index (χ4n) is 3.72. The van der Waals surface area contributed by atoms with E-state index in [9.17, 15) is 4.79 Å². The summed E-state index contributed by atoms with van der Waals surface area (Å²) in [6.45, 7) is 5.60. The summed E-state index contributed by atoms with van der Waals surface area (Å²) in [5.74, 6) is 2.71. The Bertz CT molecular complexity index is 1000. The van der Waals surface area contributed by atoms with Crippen LogP contribution in [0.2, 0.25) is 5.02 Å². The molecule has 0 unspecified atom stereocenters. The molecular weight excluding hydrogens is 448 g/mol. The van der Waals surface area contributed by atoms with Crippen LogP contribution in [-0.2, 0) is 11.3 Å². The van der Waals surface area contributed by atoms with Crippen molar-refractivity contribution in [2.45, 2.75) is 52.5 Å². The van der Waals surface area contributed by atoms with Gasteiger partial charge in [-0.2, -0.15) is 9.97 Å². The van der Waals surface area contributed by atoms with Crippen LogP contribution in [0.5, 0.6) is 0 Å². The van der Waals surface area contributed by atoms with Crippen molar-refractivity contribution in [3.63, 3.8) is 0 Å². The van der Waals surface area contributed by atoms with Gasteiger partial charge >= 0.3 is 0 Å². The van der Waals surface area contributed by atoms with Crippen molar-refractivity contribution < 1.29 is 4.79 Å². The second-order valence-corrected chi connectivity index (χ2v) is 8.99. The van der Waals surface area contributed by atoms with E-state index in [1.54, 1.807) is 18.2 Å². The fourth-order valence-corrected chi connectivity index (χ4v) is 3.85. The SMILES string of the molecule is CC1CCCCC1.CCNc1nc(NCC(=O)NCc2ccc(Cl)cc2)cc(-n2cccc2)n1. The van der Waals surface area contributed by atoms with Gasteiger partial charge in [-0.15, -0.1) is 0 Å². The summed E-state index contributed by atoms with van der Waals surface area (Å²) < 4.78 is 1.88. The minimum Gasteiger partial charge on any atom is -0.361 e. The molecular formula is C26H35ClN6O. The Kier molecular flexibility index (Phi) is 10.2. The number of aromatic nitrogens is 3. The summed E-state index contributed by atoms with van der Waals surface area (Å²) in [6, 6.07) is 13.0. The molecule has 1 aliphatic carbocycles. The first-order valence-electron chi connectivity index (χ1n) is 12.0. The van der Waals surface area contributed by atoms with Crippen molar-refractivity contribution in [2.24, 2.45) is 5.92 Å². The molecule has 182 valence electrons. The molecule has 2 heterocycles. The third-order valence-corrected chi connectivity index (χ3v) is 5.90. The van der Waals surface area contributed by atoms with E-state index in [0.717, 1.165) is 17.3 Å². The van der Waals surface area contributed by atoms with Crippen LogP contribution in [0, 0.1) is 5.92 Å². The Morgan fingerprint density at radius 1 is 1.06 bits per heavy atom. The number of hydrogen-bond acceptors (Lipinski definition) is 5. The Morgan fingerprint density at radius 2 is 1.76 bits per heavy atom. The van der Waals surface area contributed by atoms with Crippen molar-refractivity contribution in [1.82, 2.24) is 19.9 Å². The zero-order valence-corrected chi connectivity index (χ0v) is 20.8. The Hall–Kier alpha value is -3.06. The molecule has 3 aromatic rings. The van der Waals surface area contributed by atoms with Gasteiger partial charge < -0.3 is 20.5 Å². The van der Waals surface area contributed by atoms with E-state index in [2.05, 4.69) is 32.8 Å². The van der Waals surface area contributed by atoms with E-state index in [1.165, 1.54) is 32.1 Å². The van der Waals surface area contributed by atoms with Crippen LogP contribution in [-0.4, -0.2) is 33.5 Å². The standard InChI is InChI=1S/C19H21ClN6O.C7H14/c1-2-21-19-24-16(11-17(25-19)26-9-3-4-10-26)22-13-18(27)23-12-14-5-7-15(20)8-6-14;1-7-5-3-2-4-6-7/h3-11H,2,12-13H2,1H3,(H,23,27)(H2,21,22,24,25);7H,2-6H2,1H3. The molecule has 0 aliphatic heterocycles. The molecule has 2 aromatic heterocycles. The predicted molar refractivity (Wildman–Crippen MR) is 140 cm³/mol. The number of anilines is 2. The number of nitrogens with one attached hydrogen (secondary N) is 3. The Morgan fingerprint density at radius 3 is 2.38 bits per heavy atom. The molecule has 0 atom stereocenters. The molecule has 1 saturated carbocycles. The molecule has 8 heteroatoms. The number of carbonyl (C=O) groups excluding carboxylic acids is 1. The molecule has 7 nitrogen and oxygen atoms in total. The monoisotopic (exact) mass is 482 g/mol. The van der Waals surface area contributed by atoms with Crippen molar-refractivity contribution in [1.29, 1.82) is 0 Å². The normalized spacial score (nSPS) is 13.5. The lowest BCUT2D eigenvalue weighted by molar-refractivity contribution is -0.119. The van der Waals surface area contributed by atoms with Gasteiger partial charge in [-0.25, -0.2) is 0 Å². The summed E-state index contributed by atoms with van der Waals surface area (Å²) in [7, 11) is 0. The number of benzene rings is 1. The quantitative estimate of drug-likeness (QED) is 0.385. The van der Waals surface area contributed by atoms with Crippen LogP contribution in [0.25, 0.3) is 5.82 Å². The topological polar surface area (TPSA) is 83.9 Å². The van der Waals surface area contributed by atoms with Crippen molar-refractivity contribution >= 4 is 29.3 Å². The third-order valence-electron chi connectivity index (χ3n) is 5.64. The molecule has 3 N–H and O–H groups in total. The average Bonchev–Trinajstić information content (AvgIpc) is 3.39. The predicted octanol–water partition coefficient (Wildman–Crippen LogP) is 5.67. The van der Waals surface area contributed by atoms with Crippen molar-refractivity contribution in [2.75, 3.05) is 23.7 Å². The van der Waals surface area contributed by atoms with Gasteiger partial charge in [-0.3, -0.25) is 4.79 Å². The highest BCUT2D eigenvalue weighted by Gasteiger charge is 2.08. The van der Waals surface area contributed by atoms with E-state index in [0.29, 0.717) is 29.9 Å². The largest absolute Gasteiger partial charge is 0.361 e. The zero-order valence-electron chi connectivity index (χ0n) is 20.1. The third kappa shape index (κ3) is 8.71. The number of carbonyl (C=O) groups is 1. The van der Waals surface area contributed by atoms with Crippen LogP contribution >= 0.6 is 11.6 Å². The fraction of sp³-hybridized carbons (Fsp3) is 0.423. The van der Waals surface area contributed by atoms with E-state index in [1.807, 2.05) is 48.1 Å². The van der Waals surface area contributed by atoms with E-state index in [-0.39, 0.29) is 12.5 Å². The van der Waals surface area contributed by atoms with Gasteiger partial charge in [-0.1, -0.05) is 62.8 Å². The van der Waals surface area contributed by atoms with Crippen LogP contribution in [0.1, 0.15) is 51.5 Å². The molecule has 1 aliphatic rings. The van der Waals surface area contributed by atoms with Crippen molar-refractivity contribution in [3.05, 3.63) is 65.4 Å². The van der Waals surface area contributed by atoms with Crippen molar-refractivity contribution in [3.8, 4) is 5.82 Å². The van der Waals surface area contributed by atoms with Gasteiger partial charge in [0.2, 0.25) is 11.9 Å². The zero-order chi connectivity index (χ0) is 24.2. The highest BCUT2D eigenvalue weighted by molar-refractivity contribution is 6.30. The molecule has 0 spiro atoms. The molecule has 34 heavy (non-hydrogen) atoms. The summed E-state index contributed by atoms with van der Waals surface area (Å²) in [5.41, 5.74) is 0.985. The highest BCUT2D eigenvalue weighted by Crippen LogP contribution is 2.22. The Balaban J connectivity index is 0.000000396. The van der Waals surface area contributed by atoms with Gasteiger partial charge in [-0.05, 0) is 42.7 Å². The van der Waals surface area contributed by atoms with Gasteiger partial charge in [0.15, 0.2) is 0 Å². The number of rotatable bonds is 8. The number of nitrogens with zero attached hydrogens (tertiary/aromatic N) is 3. The minimum absolute atomic E-state index is 0.112. The molecule has 4 rings (SSSR count). The maximum atomic E-state index is 12.1. The summed E-state index contributed by atoms with van der Waals surface area (Å²) in [5, 5.41) is 9.69. The molecule has 1 fully saturated rings. The lowest BCUT2D eigenvalue weighted by atomic mass is 9.91. The number of hydrogen-bond donors (Lipinski definition) is 3. The first-order valence-corrected chi connectivity index (χ1v) is 12.4. The van der Waals surface area contributed by atoms with E-state index in [4.69, 9.17) is 11.6 Å². The smallest absolute Gasteiger partial charge is 0.239 e. The lowest BCUT2D eigenvalue weighted by Crippen LogP contribution is -2.29. The number of halogens is 1. The molecule has 0 radical (unpaired) electrons. The summed E-state index contributed by atoms with van der Waals surface area (Å²) >= 11 is 5.86. The van der Waals surface area contributed by atoms with Crippen LogP contribution in [0.3, 0.4) is 0 Å². The minimum atomic E-state index is -0.129. The molecule has 1 aromatic carbocycles. The maximum Gasteiger partial charge on any atom is 0.239 e. The van der Waals surface area contributed by atoms with E-state index < -0.39 is 0 Å². The van der Waals surface area contributed by atoms with Gasteiger partial charge in [0.05, 0.1) is 6.54 Å². The molecule has 1 amide bonds. The summed E-state index contributed by atoms with van der Waals surface area (Å²) in [4.78, 5) is 21.0. The number of amides is 1. The van der Waals surface area contributed by atoms with Crippen LogP contribution in [0.4, 0.5) is 11.8 Å². The van der Waals surface area contributed by atoms with Crippen LogP contribution in [0.15, 0.2) is 54.9 Å². The first kappa shape index (κ1) is 25.6. The Labute approximate surface area is 207 Å². The average molecular weight is 483 g/mol. The second kappa shape index (κ2) is 13.6. The first-order chi connectivity index (χ1) is 16.5. The second-order valence-electron chi connectivity index (χ2n) is 8.56.